The van der Waals surface area contributed by atoms with Crippen LogP contribution in [0.3, 0.4) is 0 Å². The van der Waals surface area contributed by atoms with Gasteiger partial charge in [-0.3, -0.25) is 5.32 Å². The summed E-state index contributed by atoms with van der Waals surface area (Å²) < 4.78 is 1.71. The fourth-order valence-electron chi connectivity index (χ4n) is 1.68. The molecule has 2 aromatic rings. The molecule has 2 aromatic heterocycles. The number of amides is 2. The van der Waals surface area contributed by atoms with Crippen LogP contribution in [-0.2, 0) is 6.54 Å². The summed E-state index contributed by atoms with van der Waals surface area (Å²) in [6.07, 6.45) is 0. The van der Waals surface area contributed by atoms with E-state index in [0.29, 0.717) is 6.54 Å². The van der Waals surface area contributed by atoms with Gasteiger partial charge in [0.25, 0.3) is 0 Å². The summed E-state index contributed by atoms with van der Waals surface area (Å²) in [5.41, 5.74) is 2.77. The van der Waals surface area contributed by atoms with Crippen molar-refractivity contribution >= 4 is 17.5 Å². The summed E-state index contributed by atoms with van der Waals surface area (Å²) in [6.45, 7) is 2.43. The third kappa shape index (κ3) is 0.847. The molecule has 3 rings (SSSR count). The van der Waals surface area contributed by atoms with Crippen LogP contribution in [0.15, 0.2) is 6.07 Å². The van der Waals surface area contributed by atoms with Gasteiger partial charge in [0.1, 0.15) is 5.65 Å². The van der Waals surface area contributed by atoms with E-state index in [4.69, 9.17) is 0 Å². The molecule has 2 amide bonds. The number of aryl methyl sites for hydroxylation is 1. The molecule has 0 fully saturated rings. The van der Waals surface area contributed by atoms with Crippen molar-refractivity contribution in [3.8, 4) is 0 Å². The molecular weight excluding hydrogens is 182 g/mol. The van der Waals surface area contributed by atoms with Gasteiger partial charge in [0.05, 0.1) is 17.9 Å². The molecule has 0 saturated carbocycles. The van der Waals surface area contributed by atoms with Gasteiger partial charge < -0.3 is 10.3 Å². The van der Waals surface area contributed by atoms with E-state index in [1.54, 1.807) is 4.52 Å². The van der Waals surface area contributed by atoms with E-state index in [0.717, 1.165) is 22.9 Å². The summed E-state index contributed by atoms with van der Waals surface area (Å²) in [4.78, 5) is 14.3. The Labute approximate surface area is 79.3 Å². The molecule has 0 atom stereocenters. The quantitative estimate of drug-likeness (QED) is 0.570. The normalized spacial score (nSPS) is 15.1. The van der Waals surface area contributed by atoms with Crippen LogP contribution in [0, 0.1) is 6.92 Å². The number of hydrogen-bond donors (Lipinski definition) is 3. The minimum absolute atomic E-state index is 0.188. The van der Waals surface area contributed by atoms with Crippen LogP contribution in [-0.4, -0.2) is 20.6 Å². The third-order valence-corrected chi connectivity index (χ3v) is 2.27. The number of imidazole rings is 1. The largest absolute Gasteiger partial charge is 0.339 e. The second-order valence-corrected chi connectivity index (χ2v) is 3.34. The number of nitrogens with one attached hydrogen (secondary N) is 3. The zero-order valence-electron chi connectivity index (χ0n) is 7.59. The van der Waals surface area contributed by atoms with Gasteiger partial charge in [0, 0.05) is 6.07 Å². The van der Waals surface area contributed by atoms with Crippen molar-refractivity contribution in [2.75, 3.05) is 5.32 Å². The van der Waals surface area contributed by atoms with Crippen LogP contribution in [0.5, 0.6) is 0 Å². The van der Waals surface area contributed by atoms with Gasteiger partial charge in [0.2, 0.25) is 0 Å². The molecule has 0 radical (unpaired) electrons. The van der Waals surface area contributed by atoms with Crippen LogP contribution >= 0.6 is 0 Å². The molecule has 0 aromatic carbocycles. The van der Waals surface area contributed by atoms with Gasteiger partial charge in [-0.2, -0.15) is 9.61 Å². The Balaban J connectivity index is 2.27. The van der Waals surface area contributed by atoms with Crippen LogP contribution in [0.1, 0.15) is 11.4 Å². The summed E-state index contributed by atoms with van der Waals surface area (Å²) in [5.74, 6) is 0.733. The Morgan fingerprint density at radius 2 is 2.43 bits per heavy atom. The second-order valence-electron chi connectivity index (χ2n) is 3.34. The van der Waals surface area contributed by atoms with Crippen molar-refractivity contribution in [2.24, 2.45) is 0 Å². The van der Waals surface area contributed by atoms with E-state index < -0.39 is 0 Å². The number of urea groups is 1. The van der Waals surface area contributed by atoms with Crippen molar-refractivity contribution < 1.29 is 4.79 Å². The monoisotopic (exact) mass is 191 g/mol. The highest BCUT2D eigenvalue weighted by Crippen LogP contribution is 2.20. The topological polar surface area (TPSA) is 74.2 Å². The highest BCUT2D eigenvalue weighted by atomic mass is 16.2. The average Bonchev–Trinajstić information content (AvgIpc) is 2.62. The molecule has 0 aliphatic carbocycles. The standard InChI is InChI=1S/C8H9N5O/c1-4-2-6-10-5-3-9-8(14)11-7(5)13(6)12-4/h2,10H,3H2,1H3,(H2,9,11,14). The number of hydrogen-bond acceptors (Lipinski definition) is 2. The Morgan fingerprint density at radius 1 is 1.57 bits per heavy atom. The minimum Gasteiger partial charge on any atom is -0.339 e. The SMILES string of the molecule is Cc1cc2[nH]c3c(n2n1)NC(=O)NC3. The maximum absolute atomic E-state index is 11.1. The molecule has 3 heterocycles. The van der Waals surface area contributed by atoms with Crippen molar-refractivity contribution in [1.29, 1.82) is 0 Å². The zero-order valence-corrected chi connectivity index (χ0v) is 7.59. The van der Waals surface area contributed by atoms with Crippen molar-refractivity contribution in [3.05, 3.63) is 17.5 Å². The van der Waals surface area contributed by atoms with Gasteiger partial charge in [-0.15, -0.1) is 0 Å². The second kappa shape index (κ2) is 2.28. The molecule has 0 unspecified atom stereocenters. The first-order chi connectivity index (χ1) is 6.74. The molecule has 0 bridgehead atoms. The van der Waals surface area contributed by atoms with E-state index in [-0.39, 0.29) is 6.03 Å². The molecule has 6 nitrogen and oxygen atoms in total. The molecule has 1 aliphatic heterocycles. The van der Waals surface area contributed by atoms with Gasteiger partial charge >= 0.3 is 6.03 Å². The van der Waals surface area contributed by atoms with Gasteiger partial charge in [-0.05, 0) is 6.92 Å². The lowest BCUT2D eigenvalue weighted by Crippen LogP contribution is -2.33. The first kappa shape index (κ1) is 7.43. The lowest BCUT2D eigenvalue weighted by Gasteiger charge is -2.13. The number of aromatic nitrogens is 3. The van der Waals surface area contributed by atoms with Crippen LogP contribution in [0.25, 0.3) is 5.65 Å². The highest BCUT2D eigenvalue weighted by molar-refractivity contribution is 5.91. The number of anilines is 1. The number of nitrogens with zero attached hydrogens (tertiary/aromatic N) is 2. The van der Waals surface area contributed by atoms with Crippen LogP contribution < -0.4 is 10.6 Å². The van der Waals surface area contributed by atoms with Crippen LogP contribution in [0.2, 0.25) is 0 Å². The first-order valence-corrected chi connectivity index (χ1v) is 4.36. The number of rotatable bonds is 0. The number of fused-ring (bicyclic) bond motifs is 3. The van der Waals surface area contributed by atoms with E-state index >= 15 is 0 Å². The predicted octanol–water partition coefficient (Wildman–Crippen LogP) is 0.606. The molecule has 6 heteroatoms. The van der Waals surface area contributed by atoms with Gasteiger partial charge in [-0.1, -0.05) is 0 Å². The molecule has 0 spiro atoms. The summed E-state index contributed by atoms with van der Waals surface area (Å²) >= 11 is 0. The molecule has 14 heavy (non-hydrogen) atoms. The Hall–Kier alpha value is -1.98. The smallest absolute Gasteiger partial charge is 0.320 e. The Kier molecular flexibility index (Phi) is 1.21. The fraction of sp³-hybridized carbons (Fsp3) is 0.250. The van der Waals surface area contributed by atoms with Gasteiger partial charge in [0.15, 0.2) is 5.82 Å². The third-order valence-electron chi connectivity index (χ3n) is 2.27. The molecular formula is C8H9N5O. The van der Waals surface area contributed by atoms with Crippen molar-refractivity contribution in [3.63, 3.8) is 0 Å². The van der Waals surface area contributed by atoms with E-state index in [2.05, 4.69) is 20.7 Å². The summed E-state index contributed by atoms with van der Waals surface area (Å²) in [6, 6.07) is 1.75. The minimum atomic E-state index is -0.188. The Morgan fingerprint density at radius 3 is 3.29 bits per heavy atom. The van der Waals surface area contributed by atoms with E-state index in [1.165, 1.54) is 0 Å². The zero-order chi connectivity index (χ0) is 9.71. The molecule has 0 saturated heterocycles. The average molecular weight is 191 g/mol. The number of aromatic amines is 1. The molecule has 72 valence electrons. The lowest BCUT2D eigenvalue weighted by atomic mass is 10.4. The number of H-pyrrole nitrogens is 1. The maximum Gasteiger partial charge on any atom is 0.320 e. The molecule has 3 N–H and O–H groups in total. The van der Waals surface area contributed by atoms with E-state index in [9.17, 15) is 4.79 Å². The highest BCUT2D eigenvalue weighted by Gasteiger charge is 2.19. The van der Waals surface area contributed by atoms with E-state index in [1.807, 2.05) is 13.0 Å². The summed E-state index contributed by atoms with van der Waals surface area (Å²) in [7, 11) is 0. The number of carbonyl (C=O) groups excluding carboxylic acids is 1. The maximum atomic E-state index is 11.1. The van der Waals surface area contributed by atoms with Crippen molar-refractivity contribution in [2.45, 2.75) is 13.5 Å². The van der Waals surface area contributed by atoms with Crippen LogP contribution in [0.4, 0.5) is 10.6 Å². The molecule has 1 aliphatic rings. The Bertz CT molecular complexity index is 523. The lowest BCUT2D eigenvalue weighted by molar-refractivity contribution is 0.250. The predicted molar refractivity (Wildman–Crippen MR) is 50.1 cm³/mol. The fourth-order valence-corrected chi connectivity index (χ4v) is 1.68. The van der Waals surface area contributed by atoms with Gasteiger partial charge in [-0.25, -0.2) is 4.79 Å². The summed E-state index contributed by atoms with van der Waals surface area (Å²) in [5, 5.41) is 9.66. The first-order valence-electron chi connectivity index (χ1n) is 4.36. The van der Waals surface area contributed by atoms with Crippen molar-refractivity contribution in [1.82, 2.24) is 19.9 Å². The number of carbonyl (C=O) groups is 1.